The van der Waals surface area contributed by atoms with Crippen LogP contribution in [-0.2, 0) is 16.2 Å². The molecule has 0 spiro atoms. The molecule has 0 unspecified atom stereocenters. The van der Waals surface area contributed by atoms with Crippen molar-refractivity contribution in [3.05, 3.63) is 29.3 Å². The third-order valence-electron chi connectivity index (χ3n) is 3.77. The maximum Gasteiger partial charge on any atom is 0.416 e. The Balaban J connectivity index is 2.45. The van der Waals surface area contributed by atoms with Gasteiger partial charge < -0.3 is 0 Å². The maximum atomic E-state index is 12.9. The summed E-state index contributed by atoms with van der Waals surface area (Å²) in [5, 5.41) is 0. The molecule has 21 heavy (non-hydrogen) atoms. The number of hydrogen-bond acceptors (Lipinski definition) is 2. The third-order valence-corrected chi connectivity index (χ3v) is 5.82. The lowest BCUT2D eigenvalue weighted by atomic mass is 10.1. The van der Waals surface area contributed by atoms with Gasteiger partial charge in [0.1, 0.15) is 0 Å². The highest BCUT2D eigenvalue weighted by Crippen LogP contribution is 2.35. The van der Waals surface area contributed by atoms with E-state index in [1.165, 1.54) is 17.3 Å². The highest BCUT2D eigenvalue weighted by molar-refractivity contribution is 7.89. The summed E-state index contributed by atoms with van der Waals surface area (Å²) < 4.78 is 65.3. The van der Waals surface area contributed by atoms with Gasteiger partial charge >= 0.3 is 6.18 Å². The molecule has 0 aliphatic carbocycles. The van der Waals surface area contributed by atoms with Gasteiger partial charge in [-0.25, -0.2) is 8.42 Å². The lowest BCUT2D eigenvalue weighted by Crippen LogP contribution is -2.32. The van der Waals surface area contributed by atoms with Gasteiger partial charge in [0.2, 0.25) is 10.0 Å². The Labute approximate surface area is 122 Å². The lowest BCUT2D eigenvalue weighted by Gasteiger charge is -2.22. The van der Waals surface area contributed by atoms with E-state index in [4.69, 9.17) is 0 Å². The van der Waals surface area contributed by atoms with Crippen molar-refractivity contribution >= 4 is 10.0 Å². The van der Waals surface area contributed by atoms with Crippen LogP contribution >= 0.6 is 0 Å². The number of hydrogen-bond donors (Lipinski definition) is 0. The molecule has 0 bridgehead atoms. The lowest BCUT2D eigenvalue weighted by molar-refractivity contribution is -0.138. The number of alkyl halides is 3. The van der Waals surface area contributed by atoms with Crippen molar-refractivity contribution in [3.63, 3.8) is 0 Å². The summed E-state index contributed by atoms with van der Waals surface area (Å²) in [5.41, 5.74) is -1.12. The monoisotopic (exact) mass is 321 g/mol. The normalized spacial score (nSPS) is 18.5. The highest BCUT2D eigenvalue weighted by atomic mass is 32.2. The molecule has 1 heterocycles. The number of nitrogens with zero attached hydrogens (tertiary/aromatic N) is 1. The second-order valence-corrected chi connectivity index (χ2v) is 7.15. The summed E-state index contributed by atoms with van der Waals surface area (Å²) in [6, 6.07) is 3.32. The van der Waals surface area contributed by atoms with Gasteiger partial charge in [0.15, 0.2) is 0 Å². The standard InChI is InChI=1S/C14H18F3NO2S/c1-11-12(14(15,16)17)7-6-8-13(11)21(19,20)18-9-4-2-3-5-10-18/h6-8H,2-5,9-10H2,1H3. The minimum atomic E-state index is -4.55. The molecule has 1 aliphatic rings. The van der Waals surface area contributed by atoms with E-state index in [9.17, 15) is 21.6 Å². The van der Waals surface area contributed by atoms with Crippen LogP contribution in [0.4, 0.5) is 13.2 Å². The van der Waals surface area contributed by atoms with Crippen LogP contribution in [0.25, 0.3) is 0 Å². The summed E-state index contributed by atoms with van der Waals surface area (Å²) in [5.74, 6) is 0. The number of rotatable bonds is 2. The molecule has 2 rings (SSSR count). The average molecular weight is 321 g/mol. The predicted molar refractivity (Wildman–Crippen MR) is 73.4 cm³/mol. The summed E-state index contributed by atoms with van der Waals surface area (Å²) >= 11 is 0. The van der Waals surface area contributed by atoms with Crippen LogP contribution in [0.15, 0.2) is 23.1 Å². The van der Waals surface area contributed by atoms with Crippen LogP contribution < -0.4 is 0 Å². The van der Waals surface area contributed by atoms with Crippen molar-refractivity contribution in [1.29, 1.82) is 0 Å². The average Bonchev–Trinajstić information content (AvgIpc) is 2.66. The Morgan fingerprint density at radius 2 is 1.62 bits per heavy atom. The van der Waals surface area contributed by atoms with Crippen molar-refractivity contribution < 1.29 is 21.6 Å². The molecule has 3 nitrogen and oxygen atoms in total. The molecule has 0 radical (unpaired) electrons. The van der Waals surface area contributed by atoms with E-state index in [0.29, 0.717) is 13.1 Å². The van der Waals surface area contributed by atoms with Gasteiger partial charge in [0.25, 0.3) is 0 Å². The molecular weight excluding hydrogens is 303 g/mol. The van der Waals surface area contributed by atoms with Crippen molar-refractivity contribution in [3.8, 4) is 0 Å². The number of benzene rings is 1. The van der Waals surface area contributed by atoms with E-state index in [1.807, 2.05) is 0 Å². The topological polar surface area (TPSA) is 37.4 Å². The molecule has 0 atom stereocenters. The molecule has 1 aromatic carbocycles. The minimum absolute atomic E-state index is 0.228. The predicted octanol–water partition coefficient (Wildman–Crippen LogP) is 3.58. The molecule has 0 amide bonds. The third kappa shape index (κ3) is 3.40. The summed E-state index contributed by atoms with van der Waals surface area (Å²) in [6.45, 7) is 1.96. The van der Waals surface area contributed by atoms with E-state index < -0.39 is 21.8 Å². The fourth-order valence-corrected chi connectivity index (χ4v) is 4.39. The molecule has 1 saturated heterocycles. The zero-order valence-corrected chi connectivity index (χ0v) is 12.6. The second kappa shape index (κ2) is 5.96. The van der Waals surface area contributed by atoms with Crippen LogP contribution in [0.3, 0.4) is 0 Å². The highest BCUT2D eigenvalue weighted by Gasteiger charge is 2.36. The van der Waals surface area contributed by atoms with Gasteiger partial charge in [-0.3, -0.25) is 0 Å². The van der Waals surface area contributed by atoms with E-state index in [0.717, 1.165) is 37.8 Å². The van der Waals surface area contributed by atoms with Gasteiger partial charge in [-0.15, -0.1) is 0 Å². The first-order valence-corrected chi connectivity index (χ1v) is 8.35. The SMILES string of the molecule is Cc1c(C(F)(F)F)cccc1S(=O)(=O)N1CCCCCC1. The summed E-state index contributed by atoms with van der Waals surface area (Å²) in [6.07, 6.45) is -1.15. The molecular formula is C14H18F3NO2S. The second-order valence-electron chi connectivity index (χ2n) is 5.24. The van der Waals surface area contributed by atoms with Gasteiger partial charge in [-0.1, -0.05) is 18.9 Å². The van der Waals surface area contributed by atoms with E-state index in [-0.39, 0.29) is 10.5 Å². The zero-order valence-electron chi connectivity index (χ0n) is 11.8. The first kappa shape index (κ1) is 16.3. The van der Waals surface area contributed by atoms with Gasteiger partial charge in [0, 0.05) is 13.1 Å². The molecule has 0 saturated carbocycles. The molecule has 0 N–H and O–H groups in total. The van der Waals surface area contributed by atoms with Crippen molar-refractivity contribution in [2.75, 3.05) is 13.1 Å². The van der Waals surface area contributed by atoms with Crippen LogP contribution in [0.1, 0.15) is 36.8 Å². The summed E-state index contributed by atoms with van der Waals surface area (Å²) in [7, 11) is -3.87. The van der Waals surface area contributed by atoms with Gasteiger partial charge in [-0.05, 0) is 37.5 Å². The number of halogens is 3. The quantitative estimate of drug-likeness (QED) is 0.835. The smallest absolute Gasteiger partial charge is 0.207 e. The van der Waals surface area contributed by atoms with Crippen LogP contribution in [0.2, 0.25) is 0 Å². The number of sulfonamides is 1. The Hall–Kier alpha value is -1.08. The molecule has 1 aromatic rings. The zero-order chi connectivity index (χ0) is 15.7. The first-order chi connectivity index (χ1) is 9.74. The van der Waals surface area contributed by atoms with E-state index in [2.05, 4.69) is 0 Å². The largest absolute Gasteiger partial charge is 0.416 e. The Kier molecular flexibility index (Phi) is 4.63. The van der Waals surface area contributed by atoms with Crippen LogP contribution in [-0.4, -0.2) is 25.8 Å². The molecule has 118 valence electrons. The maximum absolute atomic E-state index is 12.9. The van der Waals surface area contributed by atoms with E-state index in [1.54, 1.807) is 0 Å². The van der Waals surface area contributed by atoms with Gasteiger partial charge in [0.05, 0.1) is 10.5 Å². The first-order valence-electron chi connectivity index (χ1n) is 6.91. The minimum Gasteiger partial charge on any atom is -0.207 e. The Morgan fingerprint density at radius 1 is 1.05 bits per heavy atom. The van der Waals surface area contributed by atoms with Crippen molar-refractivity contribution in [2.24, 2.45) is 0 Å². The Bertz CT molecular complexity index is 603. The van der Waals surface area contributed by atoms with Gasteiger partial charge in [-0.2, -0.15) is 17.5 Å². The van der Waals surface area contributed by atoms with Crippen LogP contribution in [0, 0.1) is 6.92 Å². The van der Waals surface area contributed by atoms with E-state index >= 15 is 0 Å². The van der Waals surface area contributed by atoms with Crippen molar-refractivity contribution in [2.45, 2.75) is 43.7 Å². The molecule has 7 heteroatoms. The van der Waals surface area contributed by atoms with Crippen LogP contribution in [0.5, 0.6) is 0 Å². The molecule has 1 fully saturated rings. The molecule has 1 aliphatic heterocycles. The fourth-order valence-electron chi connectivity index (χ4n) is 2.62. The summed E-state index contributed by atoms with van der Waals surface area (Å²) in [4.78, 5) is -0.237. The fraction of sp³-hybridized carbons (Fsp3) is 0.571. The molecule has 0 aromatic heterocycles. The Morgan fingerprint density at radius 3 is 2.14 bits per heavy atom. The van der Waals surface area contributed by atoms with Crippen molar-refractivity contribution in [1.82, 2.24) is 4.31 Å².